The van der Waals surface area contributed by atoms with Gasteiger partial charge in [-0.1, -0.05) is 23.2 Å². The van der Waals surface area contributed by atoms with E-state index in [1.807, 2.05) is 0 Å². The molecule has 5 N–H and O–H groups in total. The van der Waals surface area contributed by atoms with Crippen LogP contribution in [0, 0.1) is 0 Å². The Bertz CT molecular complexity index is 1070. The van der Waals surface area contributed by atoms with Crippen molar-refractivity contribution in [1.82, 2.24) is 15.6 Å². The molecule has 16 heteroatoms. The molecular formula is C25H34Cl2N4O10. The highest BCUT2D eigenvalue weighted by atomic mass is 35.5. The Hall–Kier alpha value is -2.98. The summed E-state index contributed by atoms with van der Waals surface area (Å²) in [5, 5.41) is 34.9. The van der Waals surface area contributed by atoms with E-state index in [-0.39, 0.29) is 60.0 Å². The minimum Gasteiger partial charge on any atom is -0.504 e. The summed E-state index contributed by atoms with van der Waals surface area (Å²) >= 11 is 11.8. The van der Waals surface area contributed by atoms with Crippen LogP contribution >= 0.6 is 23.2 Å². The van der Waals surface area contributed by atoms with E-state index >= 15 is 0 Å². The van der Waals surface area contributed by atoms with E-state index in [1.54, 1.807) is 0 Å². The van der Waals surface area contributed by atoms with Crippen molar-refractivity contribution in [2.75, 3.05) is 65.9 Å². The van der Waals surface area contributed by atoms with Crippen LogP contribution in [0.5, 0.6) is 11.5 Å². The van der Waals surface area contributed by atoms with Gasteiger partial charge in [0.2, 0.25) is 17.7 Å². The van der Waals surface area contributed by atoms with E-state index in [4.69, 9.17) is 42.1 Å². The smallest absolute Gasteiger partial charge is 0.248 e. The van der Waals surface area contributed by atoms with Gasteiger partial charge >= 0.3 is 0 Å². The Morgan fingerprint density at radius 2 is 1.56 bits per heavy atom. The number of hydrogen-bond acceptors (Lipinski definition) is 11. The summed E-state index contributed by atoms with van der Waals surface area (Å²) in [6, 6.07) is 1.10. The number of aromatic hydroxyl groups is 2. The topological polar surface area (TPSA) is 188 Å². The normalized spacial score (nSPS) is 14.8. The van der Waals surface area contributed by atoms with Crippen molar-refractivity contribution in [3.63, 3.8) is 0 Å². The lowest BCUT2D eigenvalue weighted by molar-refractivity contribution is -0.132. The summed E-state index contributed by atoms with van der Waals surface area (Å²) in [7, 11) is 0. The number of carbonyl (C=O) groups excluding carboxylic acids is 3. The van der Waals surface area contributed by atoms with Gasteiger partial charge in [0.1, 0.15) is 6.23 Å². The Balaban J connectivity index is 1.35. The van der Waals surface area contributed by atoms with E-state index in [1.165, 1.54) is 17.1 Å². The number of aliphatic hydroxyl groups excluding tert-OH is 1. The summed E-state index contributed by atoms with van der Waals surface area (Å²) in [4.78, 5) is 36.3. The summed E-state index contributed by atoms with van der Waals surface area (Å²) in [5.74, 6) is -1.98. The van der Waals surface area contributed by atoms with Gasteiger partial charge in [-0.15, -0.1) is 0 Å². The van der Waals surface area contributed by atoms with Gasteiger partial charge < -0.3 is 44.5 Å². The predicted molar refractivity (Wildman–Crippen MR) is 148 cm³/mol. The number of carbonyl (C=O) groups is 3. The maximum atomic E-state index is 11.8. The first-order valence-electron chi connectivity index (χ1n) is 12.7. The standard InChI is InChI=1S/C25H34Cl2N4O10/c26-18-15-19(32)25(37)24(27)17(18)16-29-30-21(34)4-7-38-9-11-40-13-14-41-12-10-39-8-5-28-20(33)3-6-31-22(35)1-2-23(31)36/h1-2,15-16,22,32,35,37H,3-14H2,(H,28,33)(H,30,34)/t22-/m0/s1. The largest absolute Gasteiger partial charge is 0.504 e. The van der Waals surface area contributed by atoms with E-state index < -0.39 is 23.6 Å². The zero-order chi connectivity index (χ0) is 30.0. The van der Waals surface area contributed by atoms with Crippen molar-refractivity contribution in [3.05, 3.63) is 33.8 Å². The van der Waals surface area contributed by atoms with Gasteiger partial charge in [0.15, 0.2) is 11.5 Å². The number of ether oxygens (including phenoxy) is 4. The number of phenolic OH excluding ortho intramolecular Hbond substituents is 2. The molecule has 0 fully saturated rings. The number of nitrogens with zero attached hydrogens (tertiary/aromatic N) is 2. The fourth-order valence-electron chi connectivity index (χ4n) is 3.19. The number of rotatable bonds is 20. The Morgan fingerprint density at radius 3 is 2.17 bits per heavy atom. The zero-order valence-corrected chi connectivity index (χ0v) is 23.7. The van der Waals surface area contributed by atoms with E-state index in [0.29, 0.717) is 46.2 Å². The number of hydrogen-bond donors (Lipinski definition) is 5. The maximum Gasteiger partial charge on any atom is 0.248 e. The molecule has 3 amide bonds. The minimum atomic E-state index is -0.977. The molecule has 1 aliphatic heterocycles. The van der Waals surface area contributed by atoms with Crippen molar-refractivity contribution in [2.45, 2.75) is 19.1 Å². The van der Waals surface area contributed by atoms with Crippen LogP contribution in [0.25, 0.3) is 0 Å². The number of aliphatic hydroxyl groups is 1. The van der Waals surface area contributed by atoms with Gasteiger partial charge in [-0.3, -0.25) is 14.4 Å². The number of halogens is 2. The highest BCUT2D eigenvalue weighted by Gasteiger charge is 2.23. The van der Waals surface area contributed by atoms with Crippen LogP contribution < -0.4 is 10.7 Å². The van der Waals surface area contributed by atoms with E-state index in [0.717, 1.165) is 12.3 Å². The molecule has 1 atom stereocenters. The maximum absolute atomic E-state index is 11.8. The van der Waals surface area contributed by atoms with Crippen LogP contribution in [0.15, 0.2) is 23.3 Å². The van der Waals surface area contributed by atoms with Gasteiger partial charge in [0.25, 0.3) is 0 Å². The second kappa shape index (κ2) is 19.2. The van der Waals surface area contributed by atoms with Crippen molar-refractivity contribution >= 4 is 47.1 Å². The third kappa shape index (κ3) is 13.0. The molecule has 0 saturated carbocycles. The molecule has 0 bridgehead atoms. The SMILES string of the molecule is O=C(CCN1C(=O)C=C[C@@H]1O)NCCOCCOCCOCCOCCC(=O)NN=Cc1c(Cl)cc(O)c(O)c1Cl. The number of benzene rings is 1. The van der Waals surface area contributed by atoms with Crippen molar-refractivity contribution < 1.29 is 48.7 Å². The van der Waals surface area contributed by atoms with Gasteiger partial charge in [-0.2, -0.15) is 5.10 Å². The Morgan fingerprint density at radius 1 is 0.951 bits per heavy atom. The molecule has 2 rings (SSSR count). The summed E-state index contributed by atoms with van der Waals surface area (Å²) in [6.07, 6.45) is 2.96. The first-order valence-corrected chi connectivity index (χ1v) is 13.4. The molecular weight excluding hydrogens is 587 g/mol. The molecule has 0 aliphatic carbocycles. The minimum absolute atomic E-state index is 0.0495. The lowest BCUT2D eigenvalue weighted by Crippen LogP contribution is -2.37. The molecule has 228 valence electrons. The first-order chi connectivity index (χ1) is 19.7. The van der Waals surface area contributed by atoms with Gasteiger partial charge in [-0.25, -0.2) is 5.43 Å². The molecule has 0 aromatic heterocycles. The number of hydrazone groups is 1. The van der Waals surface area contributed by atoms with Gasteiger partial charge in [-0.05, 0) is 6.08 Å². The van der Waals surface area contributed by atoms with Crippen molar-refractivity contribution in [2.24, 2.45) is 5.10 Å². The van der Waals surface area contributed by atoms with Crippen LogP contribution in [0.2, 0.25) is 10.0 Å². The third-order valence-corrected chi connectivity index (χ3v) is 6.04. The average molecular weight is 621 g/mol. The molecule has 1 aromatic carbocycles. The Labute approximate surface area is 246 Å². The lowest BCUT2D eigenvalue weighted by Gasteiger charge is -2.19. The van der Waals surface area contributed by atoms with Crippen LogP contribution in [0.1, 0.15) is 18.4 Å². The van der Waals surface area contributed by atoms with Crippen LogP contribution in [-0.2, 0) is 33.3 Å². The van der Waals surface area contributed by atoms with Gasteiger partial charge in [0.05, 0.1) is 75.5 Å². The molecule has 0 unspecified atom stereocenters. The zero-order valence-electron chi connectivity index (χ0n) is 22.2. The molecule has 41 heavy (non-hydrogen) atoms. The number of phenols is 2. The van der Waals surface area contributed by atoms with Crippen LogP contribution in [-0.4, -0.2) is 116 Å². The average Bonchev–Trinajstić information content (AvgIpc) is 3.26. The fraction of sp³-hybridized carbons (Fsp3) is 0.520. The summed E-state index contributed by atoms with van der Waals surface area (Å²) < 4.78 is 21.4. The quantitative estimate of drug-likeness (QED) is 0.0595. The Kier molecular flexibility index (Phi) is 16.0. The second-order valence-corrected chi connectivity index (χ2v) is 9.14. The summed E-state index contributed by atoms with van der Waals surface area (Å²) in [6.45, 7) is 2.96. The first kappa shape index (κ1) is 34.2. The third-order valence-electron chi connectivity index (χ3n) is 5.34. The number of amides is 3. The van der Waals surface area contributed by atoms with E-state index in [9.17, 15) is 29.7 Å². The molecule has 14 nitrogen and oxygen atoms in total. The van der Waals surface area contributed by atoms with Crippen LogP contribution in [0.3, 0.4) is 0 Å². The molecule has 1 aromatic rings. The molecule has 1 heterocycles. The lowest BCUT2D eigenvalue weighted by atomic mass is 10.2. The highest BCUT2D eigenvalue weighted by molar-refractivity contribution is 6.39. The van der Waals surface area contributed by atoms with Crippen molar-refractivity contribution in [3.8, 4) is 11.5 Å². The monoisotopic (exact) mass is 620 g/mol. The predicted octanol–water partition coefficient (Wildman–Crippen LogP) is 0.534. The van der Waals surface area contributed by atoms with Crippen molar-refractivity contribution in [1.29, 1.82) is 0 Å². The van der Waals surface area contributed by atoms with E-state index in [2.05, 4.69) is 15.8 Å². The fourth-order valence-corrected chi connectivity index (χ4v) is 3.74. The molecule has 0 saturated heterocycles. The van der Waals surface area contributed by atoms with Gasteiger partial charge in [0, 0.05) is 37.2 Å². The summed E-state index contributed by atoms with van der Waals surface area (Å²) in [5.41, 5.74) is 2.42. The molecule has 0 radical (unpaired) electrons. The molecule has 1 aliphatic rings. The van der Waals surface area contributed by atoms with Crippen LogP contribution in [0.4, 0.5) is 0 Å². The molecule has 0 spiro atoms. The highest BCUT2D eigenvalue weighted by Crippen LogP contribution is 2.39. The number of nitrogens with one attached hydrogen (secondary N) is 2. The second-order valence-electron chi connectivity index (χ2n) is 8.35.